The summed E-state index contributed by atoms with van der Waals surface area (Å²) in [7, 11) is 0. The highest BCUT2D eigenvalue weighted by molar-refractivity contribution is 6.12. The van der Waals surface area contributed by atoms with Gasteiger partial charge in [-0.15, -0.1) is 0 Å². The number of carbonyl (C=O) groups is 1. The van der Waals surface area contributed by atoms with Gasteiger partial charge in [-0.05, 0) is 30.7 Å². The third-order valence-electron chi connectivity index (χ3n) is 3.31. The van der Waals surface area contributed by atoms with E-state index in [0.29, 0.717) is 12.5 Å². The molecule has 2 aromatic carbocycles. The van der Waals surface area contributed by atoms with Crippen LogP contribution in [0.4, 0.5) is 0 Å². The zero-order chi connectivity index (χ0) is 16.1. The van der Waals surface area contributed by atoms with Gasteiger partial charge in [0.05, 0.1) is 6.61 Å². The fraction of sp³-hybridized carbons (Fsp3) is 0.158. The summed E-state index contributed by atoms with van der Waals surface area (Å²) in [4.78, 5) is 16.3. The minimum absolute atomic E-state index is 0.274. The van der Waals surface area contributed by atoms with Crippen LogP contribution in [0.1, 0.15) is 24.5 Å². The monoisotopic (exact) mass is 307 g/mol. The van der Waals surface area contributed by atoms with Crippen LogP contribution in [0.15, 0.2) is 65.3 Å². The Morgan fingerprint density at radius 3 is 2.61 bits per heavy atom. The Bertz CT molecular complexity index is 763. The van der Waals surface area contributed by atoms with Crippen LogP contribution in [0.2, 0.25) is 0 Å². The SMILES string of the molecule is CCCOc1ccccc1/C=C1\N=C(c2ccccc2)OC1=O. The Labute approximate surface area is 135 Å². The van der Waals surface area contributed by atoms with Crippen molar-refractivity contribution < 1.29 is 14.3 Å². The second kappa shape index (κ2) is 6.92. The fourth-order valence-electron chi connectivity index (χ4n) is 2.20. The Morgan fingerprint density at radius 1 is 1.09 bits per heavy atom. The van der Waals surface area contributed by atoms with Crippen molar-refractivity contribution in [1.29, 1.82) is 0 Å². The van der Waals surface area contributed by atoms with Gasteiger partial charge in [0, 0.05) is 11.1 Å². The van der Waals surface area contributed by atoms with E-state index in [1.807, 2.05) is 61.5 Å². The first-order valence-corrected chi connectivity index (χ1v) is 7.57. The Kier molecular flexibility index (Phi) is 4.52. The zero-order valence-electron chi connectivity index (χ0n) is 12.9. The molecular formula is C19H17NO3. The Balaban J connectivity index is 1.91. The van der Waals surface area contributed by atoms with Gasteiger partial charge >= 0.3 is 5.97 Å². The van der Waals surface area contributed by atoms with E-state index in [2.05, 4.69) is 4.99 Å². The molecule has 3 rings (SSSR count). The molecule has 23 heavy (non-hydrogen) atoms. The highest BCUT2D eigenvalue weighted by atomic mass is 16.6. The number of carbonyl (C=O) groups excluding carboxylic acids is 1. The van der Waals surface area contributed by atoms with E-state index < -0.39 is 5.97 Å². The molecule has 0 radical (unpaired) electrons. The lowest BCUT2D eigenvalue weighted by Gasteiger charge is -2.07. The van der Waals surface area contributed by atoms with Gasteiger partial charge in [-0.2, -0.15) is 0 Å². The van der Waals surface area contributed by atoms with Crippen LogP contribution in [0.25, 0.3) is 6.08 Å². The summed E-state index contributed by atoms with van der Waals surface area (Å²) in [5.74, 6) is 0.612. The summed E-state index contributed by atoms with van der Waals surface area (Å²) in [5, 5.41) is 0. The first-order valence-electron chi connectivity index (χ1n) is 7.57. The third kappa shape index (κ3) is 3.48. The molecule has 0 aliphatic carbocycles. The van der Waals surface area contributed by atoms with Crippen molar-refractivity contribution in [2.45, 2.75) is 13.3 Å². The number of hydrogen-bond acceptors (Lipinski definition) is 4. The molecular weight excluding hydrogens is 290 g/mol. The average molecular weight is 307 g/mol. The van der Waals surface area contributed by atoms with E-state index in [1.54, 1.807) is 6.08 Å². The average Bonchev–Trinajstić information content (AvgIpc) is 2.96. The van der Waals surface area contributed by atoms with Crippen LogP contribution in [-0.2, 0) is 9.53 Å². The first-order chi connectivity index (χ1) is 11.3. The predicted octanol–water partition coefficient (Wildman–Crippen LogP) is 3.82. The quantitative estimate of drug-likeness (QED) is 0.623. The highest BCUT2D eigenvalue weighted by Gasteiger charge is 2.24. The van der Waals surface area contributed by atoms with E-state index in [4.69, 9.17) is 9.47 Å². The summed E-state index contributed by atoms with van der Waals surface area (Å²) in [6.45, 7) is 2.68. The van der Waals surface area contributed by atoms with Crippen LogP contribution in [0, 0.1) is 0 Å². The van der Waals surface area contributed by atoms with Crippen molar-refractivity contribution in [3.8, 4) is 5.75 Å². The number of benzene rings is 2. The molecule has 0 atom stereocenters. The van der Waals surface area contributed by atoms with Gasteiger partial charge < -0.3 is 9.47 Å². The minimum atomic E-state index is -0.450. The lowest BCUT2D eigenvalue weighted by Crippen LogP contribution is -2.05. The van der Waals surface area contributed by atoms with Gasteiger partial charge in [-0.3, -0.25) is 0 Å². The van der Waals surface area contributed by atoms with Gasteiger partial charge in [0.25, 0.3) is 0 Å². The number of aliphatic imine (C=N–C) groups is 1. The summed E-state index contributed by atoms with van der Waals surface area (Å²) < 4.78 is 11.0. The van der Waals surface area contributed by atoms with Crippen molar-refractivity contribution in [2.75, 3.05) is 6.61 Å². The number of hydrogen-bond donors (Lipinski definition) is 0. The van der Waals surface area contributed by atoms with Gasteiger partial charge in [0.15, 0.2) is 5.70 Å². The number of cyclic esters (lactones) is 1. The van der Waals surface area contributed by atoms with E-state index in [1.165, 1.54) is 0 Å². The lowest BCUT2D eigenvalue weighted by molar-refractivity contribution is -0.129. The van der Waals surface area contributed by atoms with E-state index >= 15 is 0 Å². The lowest BCUT2D eigenvalue weighted by atomic mass is 10.1. The molecule has 0 amide bonds. The molecule has 4 nitrogen and oxygen atoms in total. The van der Waals surface area contributed by atoms with Gasteiger partial charge in [-0.1, -0.05) is 43.3 Å². The van der Waals surface area contributed by atoms with Crippen LogP contribution in [-0.4, -0.2) is 18.5 Å². The molecule has 2 aromatic rings. The summed E-state index contributed by atoms with van der Waals surface area (Å²) in [6, 6.07) is 16.9. The number of rotatable bonds is 5. The van der Waals surface area contributed by atoms with E-state index in [9.17, 15) is 4.79 Å². The van der Waals surface area contributed by atoms with Crippen molar-refractivity contribution in [1.82, 2.24) is 0 Å². The smallest absolute Gasteiger partial charge is 0.363 e. The fourth-order valence-corrected chi connectivity index (χ4v) is 2.20. The molecule has 0 unspecified atom stereocenters. The molecule has 0 fully saturated rings. The molecule has 0 aromatic heterocycles. The molecule has 1 heterocycles. The van der Waals surface area contributed by atoms with Gasteiger partial charge in [0.2, 0.25) is 5.90 Å². The summed E-state index contributed by atoms with van der Waals surface area (Å²) >= 11 is 0. The standard InChI is InChI=1S/C19H17NO3/c1-2-12-22-17-11-7-6-10-15(17)13-16-19(21)23-18(20-16)14-8-4-3-5-9-14/h3-11,13H,2,12H2,1H3/b16-13-. The molecule has 1 aliphatic heterocycles. The number of esters is 1. The maximum atomic E-state index is 12.0. The zero-order valence-corrected chi connectivity index (χ0v) is 12.9. The number of para-hydroxylation sites is 1. The van der Waals surface area contributed by atoms with Gasteiger partial charge in [0.1, 0.15) is 5.75 Å². The van der Waals surface area contributed by atoms with Gasteiger partial charge in [-0.25, -0.2) is 9.79 Å². The van der Waals surface area contributed by atoms with Crippen molar-refractivity contribution in [3.63, 3.8) is 0 Å². The Morgan fingerprint density at radius 2 is 1.83 bits per heavy atom. The summed E-state index contributed by atoms with van der Waals surface area (Å²) in [5.41, 5.74) is 1.86. The topological polar surface area (TPSA) is 47.9 Å². The van der Waals surface area contributed by atoms with Crippen molar-refractivity contribution in [2.24, 2.45) is 4.99 Å². The number of nitrogens with zero attached hydrogens (tertiary/aromatic N) is 1. The second-order valence-corrected chi connectivity index (χ2v) is 5.09. The third-order valence-corrected chi connectivity index (χ3v) is 3.31. The normalized spacial score (nSPS) is 15.4. The largest absolute Gasteiger partial charge is 0.493 e. The van der Waals surface area contributed by atoms with Crippen LogP contribution in [0.5, 0.6) is 5.75 Å². The molecule has 0 saturated heterocycles. The first kappa shape index (κ1) is 15.0. The van der Waals surface area contributed by atoms with Crippen LogP contribution in [0.3, 0.4) is 0 Å². The highest BCUT2D eigenvalue weighted by Crippen LogP contribution is 2.24. The van der Waals surface area contributed by atoms with Crippen LogP contribution >= 0.6 is 0 Å². The minimum Gasteiger partial charge on any atom is -0.493 e. The van der Waals surface area contributed by atoms with Crippen molar-refractivity contribution in [3.05, 3.63) is 71.4 Å². The van der Waals surface area contributed by atoms with E-state index in [0.717, 1.165) is 23.3 Å². The summed E-state index contributed by atoms with van der Waals surface area (Å²) in [6.07, 6.45) is 2.62. The second-order valence-electron chi connectivity index (χ2n) is 5.09. The molecule has 4 heteroatoms. The van der Waals surface area contributed by atoms with E-state index in [-0.39, 0.29) is 5.70 Å². The molecule has 116 valence electrons. The number of ether oxygens (including phenoxy) is 2. The molecule has 0 saturated carbocycles. The predicted molar refractivity (Wildman–Crippen MR) is 89.3 cm³/mol. The molecule has 0 bridgehead atoms. The van der Waals surface area contributed by atoms with Crippen molar-refractivity contribution >= 4 is 17.9 Å². The molecule has 1 aliphatic rings. The Hall–Kier alpha value is -2.88. The maximum absolute atomic E-state index is 12.0. The van der Waals surface area contributed by atoms with Crippen LogP contribution < -0.4 is 4.74 Å². The maximum Gasteiger partial charge on any atom is 0.363 e. The molecule has 0 N–H and O–H groups in total. The molecule has 0 spiro atoms.